The smallest absolute Gasteiger partial charge is 0.246 e. The van der Waals surface area contributed by atoms with Crippen LogP contribution in [-0.4, -0.2) is 53.1 Å². The Balaban J connectivity index is 1.73. The molecule has 0 spiro atoms. The second kappa shape index (κ2) is 11.8. The van der Waals surface area contributed by atoms with E-state index in [1.807, 2.05) is 19.9 Å². The van der Waals surface area contributed by atoms with Crippen molar-refractivity contribution in [2.75, 3.05) is 26.1 Å². The van der Waals surface area contributed by atoms with Crippen molar-refractivity contribution in [2.24, 2.45) is 0 Å². The fourth-order valence-corrected chi connectivity index (χ4v) is 4.45. The van der Waals surface area contributed by atoms with Crippen molar-refractivity contribution in [3.05, 3.63) is 46.4 Å². The first-order valence-corrected chi connectivity index (χ1v) is 12.0. The summed E-state index contributed by atoms with van der Waals surface area (Å²) in [5, 5.41) is 2.79. The van der Waals surface area contributed by atoms with E-state index in [0.29, 0.717) is 27.5 Å². The van der Waals surface area contributed by atoms with Crippen LogP contribution in [0.2, 0.25) is 4.34 Å². The topological polar surface area (TPSA) is 85.7 Å². The normalized spacial score (nSPS) is 10.7. The Hall–Kier alpha value is -3.48. The van der Waals surface area contributed by atoms with Crippen LogP contribution in [0.3, 0.4) is 0 Å². The number of carbonyl (C=O) groups is 2. The zero-order valence-corrected chi connectivity index (χ0v) is 21.6. The number of hydrogen-bond donors (Lipinski definition) is 1. The molecular weight excluding hydrogens is 488 g/mol. The molecule has 35 heavy (non-hydrogen) atoms. The number of methoxy groups -OCH3 is 2. The molecular formula is C25H27ClN4O4S. The fourth-order valence-electron chi connectivity index (χ4n) is 3.45. The molecule has 0 aliphatic heterocycles. The van der Waals surface area contributed by atoms with Gasteiger partial charge in [0.15, 0.2) is 11.5 Å². The highest BCUT2D eigenvalue weighted by Gasteiger charge is 2.22. The minimum atomic E-state index is -0.376. The van der Waals surface area contributed by atoms with E-state index in [-0.39, 0.29) is 37.4 Å². The lowest BCUT2D eigenvalue weighted by molar-refractivity contribution is -0.135. The monoisotopic (exact) mass is 514 g/mol. The first-order chi connectivity index (χ1) is 16.7. The first kappa shape index (κ1) is 26.1. The van der Waals surface area contributed by atoms with Gasteiger partial charge in [0, 0.05) is 12.2 Å². The second-order valence-corrected chi connectivity index (χ2v) is 9.63. The number of amides is 2. The molecule has 0 atom stereocenters. The number of rotatable bonds is 10. The number of nitrogens with zero attached hydrogens (tertiary/aromatic N) is 3. The fraction of sp³-hybridized carbons (Fsp3) is 0.320. The van der Waals surface area contributed by atoms with E-state index in [4.69, 9.17) is 27.5 Å². The first-order valence-electron chi connectivity index (χ1n) is 10.8. The lowest BCUT2D eigenvalue weighted by Crippen LogP contribution is -2.43. The lowest BCUT2D eigenvalue weighted by Gasteiger charge is -2.26. The van der Waals surface area contributed by atoms with Crippen LogP contribution in [0.4, 0.5) is 5.95 Å². The van der Waals surface area contributed by atoms with E-state index in [1.54, 1.807) is 42.1 Å². The predicted molar refractivity (Wildman–Crippen MR) is 138 cm³/mol. The van der Waals surface area contributed by atoms with Crippen molar-refractivity contribution in [3.63, 3.8) is 0 Å². The number of benzene rings is 1. The second-order valence-electron chi connectivity index (χ2n) is 7.92. The number of nitrogens with one attached hydrogen (secondary N) is 1. The standard InChI is InChI=1S/C25H27ClN4O4S/c1-6-11-29-14-18(21-9-10-22(26)35-21)27-25(29)28-23(31)15-30(16(2)3)24(32)13-17-7-8-19(33-4)20(12-17)34-5/h1,7-10,12,14,16H,11,13,15H2,2-5H3,(H,27,28,31). The SMILES string of the molecule is C#CCn1cc(-c2ccc(Cl)s2)nc1NC(=O)CN(C(=O)Cc1ccc(OC)c(OC)c1)C(C)C. The number of anilines is 1. The molecule has 8 nitrogen and oxygen atoms in total. The number of hydrogen-bond acceptors (Lipinski definition) is 6. The van der Waals surface area contributed by atoms with Gasteiger partial charge in [-0.15, -0.1) is 17.8 Å². The van der Waals surface area contributed by atoms with Crippen LogP contribution in [-0.2, 0) is 22.6 Å². The van der Waals surface area contributed by atoms with Gasteiger partial charge in [0.25, 0.3) is 0 Å². The van der Waals surface area contributed by atoms with E-state index in [1.165, 1.54) is 23.3 Å². The molecule has 0 radical (unpaired) electrons. The van der Waals surface area contributed by atoms with E-state index in [0.717, 1.165) is 10.4 Å². The Morgan fingerprint density at radius 2 is 1.97 bits per heavy atom. The Morgan fingerprint density at radius 3 is 2.57 bits per heavy atom. The number of imidazole rings is 1. The molecule has 3 aromatic rings. The summed E-state index contributed by atoms with van der Waals surface area (Å²) in [7, 11) is 3.09. The lowest BCUT2D eigenvalue weighted by atomic mass is 10.1. The van der Waals surface area contributed by atoms with Gasteiger partial charge in [0.2, 0.25) is 17.8 Å². The molecule has 10 heteroatoms. The maximum absolute atomic E-state index is 13.1. The van der Waals surface area contributed by atoms with E-state index in [2.05, 4.69) is 16.2 Å². The van der Waals surface area contributed by atoms with Crippen LogP contribution < -0.4 is 14.8 Å². The average molecular weight is 515 g/mol. The molecule has 1 N–H and O–H groups in total. The molecule has 184 valence electrons. The summed E-state index contributed by atoms with van der Waals surface area (Å²) in [6.45, 7) is 3.82. The number of terminal acetylenes is 1. The molecule has 0 unspecified atom stereocenters. The maximum Gasteiger partial charge on any atom is 0.246 e. The van der Waals surface area contributed by atoms with E-state index in [9.17, 15) is 9.59 Å². The van der Waals surface area contributed by atoms with Crippen LogP contribution in [0.5, 0.6) is 11.5 Å². The molecule has 2 amide bonds. The van der Waals surface area contributed by atoms with Gasteiger partial charge in [-0.3, -0.25) is 14.9 Å². The third-order valence-electron chi connectivity index (χ3n) is 5.18. The number of aromatic nitrogens is 2. The average Bonchev–Trinajstić information content (AvgIpc) is 3.43. The highest BCUT2D eigenvalue weighted by atomic mass is 35.5. The molecule has 0 aliphatic carbocycles. The Morgan fingerprint density at radius 1 is 1.23 bits per heavy atom. The van der Waals surface area contributed by atoms with Crippen molar-refractivity contribution >= 4 is 40.7 Å². The van der Waals surface area contributed by atoms with Crippen LogP contribution in [0, 0.1) is 12.3 Å². The van der Waals surface area contributed by atoms with Gasteiger partial charge in [-0.05, 0) is 43.7 Å². The number of thiophene rings is 1. The van der Waals surface area contributed by atoms with Gasteiger partial charge in [-0.1, -0.05) is 23.6 Å². The van der Waals surface area contributed by atoms with Gasteiger partial charge in [0.1, 0.15) is 12.2 Å². The number of halogens is 1. The van der Waals surface area contributed by atoms with Crippen molar-refractivity contribution in [2.45, 2.75) is 32.9 Å². The zero-order valence-electron chi connectivity index (χ0n) is 20.0. The molecule has 0 saturated carbocycles. The quantitative estimate of drug-likeness (QED) is 0.407. The minimum absolute atomic E-state index is 0.112. The molecule has 0 aliphatic rings. The highest BCUT2D eigenvalue weighted by molar-refractivity contribution is 7.19. The Bertz CT molecular complexity index is 1240. The van der Waals surface area contributed by atoms with Crippen molar-refractivity contribution in [1.82, 2.24) is 14.5 Å². The molecule has 1 aromatic carbocycles. The van der Waals surface area contributed by atoms with Gasteiger partial charge >= 0.3 is 0 Å². The molecule has 2 heterocycles. The van der Waals surface area contributed by atoms with Gasteiger partial charge in [0.05, 0.1) is 36.4 Å². The van der Waals surface area contributed by atoms with Crippen LogP contribution in [0.1, 0.15) is 19.4 Å². The minimum Gasteiger partial charge on any atom is -0.493 e. The highest BCUT2D eigenvalue weighted by Crippen LogP contribution is 2.31. The summed E-state index contributed by atoms with van der Waals surface area (Å²) < 4.78 is 12.9. The summed E-state index contributed by atoms with van der Waals surface area (Å²) in [5.74, 6) is 3.41. The van der Waals surface area contributed by atoms with Crippen molar-refractivity contribution in [1.29, 1.82) is 0 Å². The molecule has 0 saturated heterocycles. The van der Waals surface area contributed by atoms with Crippen LogP contribution in [0.25, 0.3) is 10.6 Å². The van der Waals surface area contributed by atoms with Gasteiger partial charge in [-0.2, -0.15) is 0 Å². The Kier molecular flexibility index (Phi) is 8.79. The van der Waals surface area contributed by atoms with E-state index < -0.39 is 0 Å². The predicted octanol–water partition coefficient (Wildman–Crippen LogP) is 4.33. The zero-order chi connectivity index (χ0) is 25.5. The number of carbonyl (C=O) groups excluding carboxylic acids is 2. The molecule has 0 fully saturated rings. The van der Waals surface area contributed by atoms with Crippen LogP contribution >= 0.6 is 22.9 Å². The number of ether oxygens (including phenoxy) is 2. The Labute approximate surface area is 213 Å². The molecule has 2 aromatic heterocycles. The third-order valence-corrected chi connectivity index (χ3v) is 6.43. The van der Waals surface area contributed by atoms with Crippen molar-refractivity contribution in [3.8, 4) is 34.4 Å². The molecule has 3 rings (SSSR count). The summed E-state index contributed by atoms with van der Waals surface area (Å²) in [5.41, 5.74) is 1.40. The van der Waals surface area contributed by atoms with Crippen molar-refractivity contribution < 1.29 is 19.1 Å². The van der Waals surface area contributed by atoms with Gasteiger partial charge < -0.3 is 18.9 Å². The largest absolute Gasteiger partial charge is 0.493 e. The third kappa shape index (κ3) is 6.56. The van der Waals surface area contributed by atoms with E-state index >= 15 is 0 Å². The summed E-state index contributed by atoms with van der Waals surface area (Å²) >= 11 is 7.42. The summed E-state index contributed by atoms with van der Waals surface area (Å²) in [6, 6.07) is 8.75. The molecule has 0 bridgehead atoms. The van der Waals surface area contributed by atoms with Crippen LogP contribution in [0.15, 0.2) is 36.5 Å². The summed E-state index contributed by atoms with van der Waals surface area (Å²) in [4.78, 5) is 32.9. The maximum atomic E-state index is 13.1. The van der Waals surface area contributed by atoms with Gasteiger partial charge in [-0.25, -0.2) is 4.98 Å². The summed E-state index contributed by atoms with van der Waals surface area (Å²) in [6.07, 6.45) is 7.36.